The molecule has 1 unspecified atom stereocenters. The van der Waals surface area contributed by atoms with E-state index in [-0.39, 0.29) is 12.5 Å². The minimum Gasteiger partial charge on any atom is -0.491 e. The van der Waals surface area contributed by atoms with Crippen LogP contribution in [-0.4, -0.2) is 43.3 Å². The molecule has 22 heavy (non-hydrogen) atoms. The van der Waals surface area contributed by atoms with Gasteiger partial charge in [0.25, 0.3) is 0 Å². The molecule has 8 heteroatoms. The van der Waals surface area contributed by atoms with Gasteiger partial charge in [0.2, 0.25) is 0 Å². The lowest BCUT2D eigenvalue weighted by molar-refractivity contribution is 0.146. The summed E-state index contributed by atoms with van der Waals surface area (Å²) in [6.07, 6.45) is 2.71. The Morgan fingerprint density at radius 2 is 2.05 bits per heavy atom. The Hall–Kier alpha value is -2.06. The number of hydrogen-bond donors (Lipinski definition) is 3. The molecule has 1 aromatic carbocycles. The number of amidine groups is 1. The maximum Gasteiger partial charge on any atom is 0.138 e. The molecule has 5 N–H and O–H groups in total. The molecule has 1 atom stereocenters. The molecule has 0 bridgehead atoms. The van der Waals surface area contributed by atoms with E-state index in [2.05, 4.69) is 10.3 Å². The highest BCUT2D eigenvalue weighted by Crippen LogP contribution is 2.15. The van der Waals surface area contributed by atoms with Gasteiger partial charge < -0.3 is 26.3 Å². The first kappa shape index (κ1) is 18.0. The Labute approximate surface area is 132 Å². The van der Waals surface area contributed by atoms with Gasteiger partial charge in [0.1, 0.15) is 24.9 Å². The Morgan fingerprint density at radius 3 is 2.59 bits per heavy atom. The molecule has 0 aliphatic carbocycles. The number of hydrogen-bond acceptors (Lipinski definition) is 6. The second kappa shape index (κ2) is 9.80. The average molecular weight is 326 g/mol. The Morgan fingerprint density at radius 1 is 1.36 bits per heavy atom. The summed E-state index contributed by atoms with van der Waals surface area (Å²) in [5.41, 5.74) is 12.0. The van der Waals surface area contributed by atoms with Gasteiger partial charge in [-0.05, 0) is 24.3 Å². The standard InChI is InChI=1S/C14H22N4O3S/c1-20-7-8-21-12-5-3-11(4-6-12)17-10-18-14(16)13(9-15)22(2)19/h3-6,9,17H,7-8,10,15H2,1-2H3,(H2,16,18)/b13-9+. The molecule has 0 aromatic heterocycles. The van der Waals surface area contributed by atoms with Crippen molar-refractivity contribution in [3.8, 4) is 5.75 Å². The largest absolute Gasteiger partial charge is 0.491 e. The third-order valence-corrected chi connectivity index (χ3v) is 3.62. The van der Waals surface area contributed by atoms with Gasteiger partial charge in [-0.25, -0.2) is 4.99 Å². The molecule has 0 saturated carbocycles. The summed E-state index contributed by atoms with van der Waals surface area (Å²) in [6.45, 7) is 1.31. The highest BCUT2D eigenvalue weighted by Gasteiger charge is 2.05. The van der Waals surface area contributed by atoms with E-state index in [1.165, 1.54) is 12.5 Å². The molecular weight excluding hydrogens is 304 g/mol. The number of nitrogens with zero attached hydrogens (tertiary/aromatic N) is 1. The number of anilines is 1. The normalized spacial score (nSPS) is 13.7. The molecule has 1 aromatic rings. The quantitative estimate of drug-likeness (QED) is 0.348. The number of rotatable bonds is 9. The summed E-state index contributed by atoms with van der Waals surface area (Å²) in [5.74, 6) is 0.927. The fraction of sp³-hybridized carbons (Fsp3) is 0.357. The molecule has 7 nitrogen and oxygen atoms in total. The van der Waals surface area contributed by atoms with Crippen LogP contribution in [0.1, 0.15) is 0 Å². The average Bonchev–Trinajstić information content (AvgIpc) is 2.49. The SMILES string of the molecule is COCCOc1ccc(NC/N=C(N)\C(=C/N)S(C)=O)cc1. The van der Waals surface area contributed by atoms with E-state index in [9.17, 15) is 4.21 Å². The smallest absolute Gasteiger partial charge is 0.138 e. The minimum absolute atomic E-state index is 0.162. The van der Waals surface area contributed by atoms with E-state index in [1.54, 1.807) is 7.11 Å². The van der Waals surface area contributed by atoms with Gasteiger partial charge in [-0.3, -0.25) is 4.21 Å². The van der Waals surface area contributed by atoms with E-state index in [0.29, 0.717) is 18.1 Å². The summed E-state index contributed by atoms with van der Waals surface area (Å²) in [6, 6.07) is 7.42. The van der Waals surface area contributed by atoms with Gasteiger partial charge in [0, 0.05) is 25.3 Å². The first-order chi connectivity index (χ1) is 10.6. The van der Waals surface area contributed by atoms with Crippen molar-refractivity contribution in [1.29, 1.82) is 0 Å². The summed E-state index contributed by atoms with van der Waals surface area (Å²) in [5, 5.41) is 3.07. The van der Waals surface area contributed by atoms with Crippen LogP contribution in [0.25, 0.3) is 0 Å². The Kier molecular flexibility index (Phi) is 8.01. The highest BCUT2D eigenvalue weighted by atomic mass is 32.2. The summed E-state index contributed by atoms with van der Waals surface area (Å²) in [7, 11) is 0.364. The van der Waals surface area contributed by atoms with Crippen molar-refractivity contribution in [2.24, 2.45) is 16.5 Å². The topological polar surface area (TPSA) is 112 Å². The molecule has 0 aliphatic heterocycles. The number of nitrogens with one attached hydrogen (secondary N) is 1. The fourth-order valence-corrected chi connectivity index (χ4v) is 2.08. The van der Waals surface area contributed by atoms with Crippen LogP contribution in [0.5, 0.6) is 5.75 Å². The molecule has 1 rings (SSSR count). The number of nitrogens with two attached hydrogens (primary N) is 2. The monoisotopic (exact) mass is 326 g/mol. The van der Waals surface area contributed by atoms with Crippen molar-refractivity contribution < 1.29 is 13.7 Å². The van der Waals surface area contributed by atoms with Gasteiger partial charge in [-0.2, -0.15) is 0 Å². The zero-order chi connectivity index (χ0) is 16.4. The van der Waals surface area contributed by atoms with Crippen molar-refractivity contribution in [2.75, 3.05) is 38.6 Å². The summed E-state index contributed by atoms with van der Waals surface area (Å²) >= 11 is 0. The fourth-order valence-electron chi connectivity index (χ4n) is 1.53. The lowest BCUT2D eigenvalue weighted by Crippen LogP contribution is -2.20. The Bertz CT molecular complexity index is 544. The van der Waals surface area contributed by atoms with Crippen LogP contribution in [0, 0.1) is 0 Å². The minimum atomic E-state index is -1.26. The maximum atomic E-state index is 11.4. The van der Waals surface area contributed by atoms with Crippen LogP contribution in [0.3, 0.4) is 0 Å². The molecule has 0 aliphatic rings. The predicted molar refractivity (Wildman–Crippen MR) is 90.3 cm³/mol. The maximum absolute atomic E-state index is 11.4. The van der Waals surface area contributed by atoms with Crippen LogP contribution < -0.4 is 21.5 Å². The zero-order valence-corrected chi connectivity index (χ0v) is 13.6. The molecule has 0 fully saturated rings. The lowest BCUT2D eigenvalue weighted by Gasteiger charge is -2.08. The molecule has 122 valence electrons. The number of aliphatic imine (C=N–C) groups is 1. The van der Waals surface area contributed by atoms with Crippen molar-refractivity contribution >= 4 is 22.3 Å². The second-order valence-corrected chi connectivity index (χ2v) is 5.58. The molecule has 0 heterocycles. The molecular formula is C14H22N4O3S. The molecule has 0 amide bonds. The first-order valence-electron chi connectivity index (χ1n) is 6.59. The number of methoxy groups -OCH3 is 1. The van der Waals surface area contributed by atoms with Gasteiger partial charge in [-0.1, -0.05) is 0 Å². The zero-order valence-electron chi connectivity index (χ0n) is 12.7. The third-order valence-electron chi connectivity index (χ3n) is 2.66. The third kappa shape index (κ3) is 6.15. The number of benzene rings is 1. The predicted octanol–water partition coefficient (Wildman–Crippen LogP) is 0.617. The van der Waals surface area contributed by atoms with E-state index >= 15 is 0 Å². The second-order valence-electron chi connectivity index (χ2n) is 4.23. The van der Waals surface area contributed by atoms with Gasteiger partial charge >= 0.3 is 0 Å². The molecule has 0 spiro atoms. The van der Waals surface area contributed by atoms with E-state index in [0.717, 1.165) is 11.4 Å². The van der Waals surface area contributed by atoms with E-state index < -0.39 is 10.8 Å². The Balaban J connectivity index is 2.49. The summed E-state index contributed by atoms with van der Waals surface area (Å²) < 4.78 is 21.7. The molecule has 0 radical (unpaired) electrons. The highest BCUT2D eigenvalue weighted by molar-refractivity contribution is 7.89. The van der Waals surface area contributed by atoms with Crippen molar-refractivity contribution in [1.82, 2.24) is 0 Å². The molecule has 0 saturated heterocycles. The van der Waals surface area contributed by atoms with Crippen molar-refractivity contribution in [3.05, 3.63) is 35.4 Å². The summed E-state index contributed by atoms with van der Waals surface area (Å²) in [4.78, 5) is 4.41. The van der Waals surface area contributed by atoms with E-state index in [1.807, 2.05) is 24.3 Å². The van der Waals surface area contributed by atoms with Gasteiger partial charge in [0.05, 0.1) is 22.3 Å². The van der Waals surface area contributed by atoms with Crippen LogP contribution >= 0.6 is 0 Å². The van der Waals surface area contributed by atoms with Crippen LogP contribution in [-0.2, 0) is 15.5 Å². The van der Waals surface area contributed by atoms with Crippen LogP contribution in [0.4, 0.5) is 5.69 Å². The van der Waals surface area contributed by atoms with Gasteiger partial charge in [-0.15, -0.1) is 0 Å². The van der Waals surface area contributed by atoms with Crippen molar-refractivity contribution in [3.63, 3.8) is 0 Å². The van der Waals surface area contributed by atoms with Crippen LogP contribution in [0.2, 0.25) is 0 Å². The van der Waals surface area contributed by atoms with Crippen LogP contribution in [0.15, 0.2) is 40.4 Å². The first-order valence-corrected chi connectivity index (χ1v) is 8.15. The van der Waals surface area contributed by atoms with Gasteiger partial charge in [0.15, 0.2) is 0 Å². The van der Waals surface area contributed by atoms with Crippen molar-refractivity contribution in [2.45, 2.75) is 0 Å². The number of ether oxygens (including phenoxy) is 2. The lowest BCUT2D eigenvalue weighted by atomic mass is 10.3. The van der Waals surface area contributed by atoms with E-state index in [4.69, 9.17) is 20.9 Å².